The van der Waals surface area contributed by atoms with Crippen LogP contribution in [-0.2, 0) is 0 Å². The first-order chi connectivity index (χ1) is 12.7. The van der Waals surface area contributed by atoms with E-state index in [0.717, 1.165) is 11.1 Å². The van der Waals surface area contributed by atoms with E-state index in [1.165, 1.54) is 27.8 Å². The predicted octanol–water partition coefficient (Wildman–Crippen LogP) is 6.70. The van der Waals surface area contributed by atoms with E-state index in [1.807, 2.05) is 18.2 Å². The minimum absolute atomic E-state index is 0.282. The Morgan fingerprint density at radius 2 is 1.08 bits per heavy atom. The maximum absolute atomic E-state index is 9.65. The zero-order valence-corrected chi connectivity index (χ0v) is 14.7. The maximum atomic E-state index is 9.65. The molecule has 4 rings (SSSR count). The molecule has 0 atom stereocenters. The van der Waals surface area contributed by atoms with Crippen molar-refractivity contribution in [1.29, 1.82) is 0 Å². The number of aryl methyl sites for hydroxylation is 1. The number of phenols is 1. The van der Waals surface area contributed by atoms with E-state index < -0.39 is 0 Å². The van der Waals surface area contributed by atoms with Crippen molar-refractivity contribution in [3.05, 3.63) is 103 Å². The second-order valence-corrected chi connectivity index (χ2v) is 6.54. The molecule has 1 nitrogen and oxygen atoms in total. The maximum Gasteiger partial charge on any atom is 0.115 e. The van der Waals surface area contributed by atoms with Gasteiger partial charge in [-0.3, -0.25) is 0 Å². The van der Waals surface area contributed by atoms with E-state index in [-0.39, 0.29) is 5.75 Å². The molecule has 0 saturated carbocycles. The number of hydrogen-bond acceptors (Lipinski definition) is 1. The average molecular weight is 336 g/mol. The first-order valence-corrected chi connectivity index (χ1v) is 8.77. The van der Waals surface area contributed by atoms with Crippen LogP contribution in [0.3, 0.4) is 0 Å². The van der Waals surface area contributed by atoms with Gasteiger partial charge in [0.05, 0.1) is 0 Å². The van der Waals surface area contributed by atoms with Gasteiger partial charge < -0.3 is 5.11 Å². The fraction of sp³-hybridized carbons (Fsp3) is 0.0400. The first-order valence-electron chi connectivity index (χ1n) is 8.77. The second-order valence-electron chi connectivity index (χ2n) is 6.54. The van der Waals surface area contributed by atoms with E-state index in [1.54, 1.807) is 12.1 Å². The first kappa shape index (κ1) is 16.2. The lowest BCUT2D eigenvalue weighted by molar-refractivity contribution is 0.475. The third kappa shape index (κ3) is 3.25. The summed E-state index contributed by atoms with van der Waals surface area (Å²) in [6.45, 7) is 2.10. The molecule has 0 aliphatic rings. The standard InChI is InChI=1S/C25H20O/c1-18-7-9-19(10-8-18)22-13-16-24(20-5-3-2-4-6-20)25(17-22)21-11-14-23(26)15-12-21/h2-17,26H,1H3. The van der Waals surface area contributed by atoms with E-state index in [9.17, 15) is 5.11 Å². The number of benzene rings is 4. The summed E-state index contributed by atoms with van der Waals surface area (Å²) in [7, 11) is 0. The van der Waals surface area contributed by atoms with Crippen molar-refractivity contribution >= 4 is 0 Å². The topological polar surface area (TPSA) is 20.2 Å². The van der Waals surface area contributed by atoms with Gasteiger partial charge in [-0.2, -0.15) is 0 Å². The third-order valence-electron chi connectivity index (χ3n) is 4.67. The molecule has 26 heavy (non-hydrogen) atoms. The van der Waals surface area contributed by atoms with Gasteiger partial charge in [0.25, 0.3) is 0 Å². The minimum atomic E-state index is 0.282. The Hall–Kier alpha value is -3.32. The van der Waals surface area contributed by atoms with E-state index in [4.69, 9.17) is 0 Å². The second kappa shape index (κ2) is 6.89. The van der Waals surface area contributed by atoms with Crippen LogP contribution in [-0.4, -0.2) is 5.11 Å². The Balaban J connectivity index is 1.90. The van der Waals surface area contributed by atoms with Crippen molar-refractivity contribution in [1.82, 2.24) is 0 Å². The van der Waals surface area contributed by atoms with Crippen molar-refractivity contribution in [3.8, 4) is 39.1 Å². The number of rotatable bonds is 3. The van der Waals surface area contributed by atoms with Crippen LogP contribution in [0.2, 0.25) is 0 Å². The van der Waals surface area contributed by atoms with Gasteiger partial charge in [0.15, 0.2) is 0 Å². The van der Waals surface area contributed by atoms with Gasteiger partial charge in [-0.25, -0.2) is 0 Å². The molecule has 0 aliphatic heterocycles. The lowest BCUT2D eigenvalue weighted by Gasteiger charge is -2.13. The number of phenolic OH excluding ortho intramolecular Hbond substituents is 1. The Morgan fingerprint density at radius 3 is 1.77 bits per heavy atom. The number of aromatic hydroxyl groups is 1. The summed E-state index contributed by atoms with van der Waals surface area (Å²) in [5.74, 6) is 0.282. The van der Waals surface area contributed by atoms with Gasteiger partial charge in [0.2, 0.25) is 0 Å². The summed E-state index contributed by atoms with van der Waals surface area (Å²) in [4.78, 5) is 0. The van der Waals surface area contributed by atoms with Gasteiger partial charge in [-0.05, 0) is 58.5 Å². The fourth-order valence-corrected chi connectivity index (χ4v) is 3.22. The van der Waals surface area contributed by atoms with Gasteiger partial charge >= 0.3 is 0 Å². The Labute approximate surface area is 154 Å². The third-order valence-corrected chi connectivity index (χ3v) is 4.67. The van der Waals surface area contributed by atoms with Crippen LogP contribution >= 0.6 is 0 Å². The van der Waals surface area contributed by atoms with Crippen molar-refractivity contribution in [2.45, 2.75) is 6.92 Å². The molecule has 0 fully saturated rings. The zero-order valence-electron chi connectivity index (χ0n) is 14.7. The molecule has 0 heterocycles. The summed E-state index contributed by atoms with van der Waals surface area (Å²) < 4.78 is 0. The molecule has 4 aromatic rings. The highest BCUT2D eigenvalue weighted by Crippen LogP contribution is 2.36. The quantitative estimate of drug-likeness (QED) is 0.441. The molecular formula is C25H20O. The van der Waals surface area contributed by atoms with Crippen molar-refractivity contribution in [3.63, 3.8) is 0 Å². The molecule has 0 saturated heterocycles. The molecule has 1 heteroatoms. The van der Waals surface area contributed by atoms with Crippen molar-refractivity contribution < 1.29 is 5.11 Å². The summed E-state index contributed by atoms with van der Waals surface area (Å²) in [6.07, 6.45) is 0. The van der Waals surface area contributed by atoms with Crippen molar-refractivity contribution in [2.24, 2.45) is 0 Å². The van der Waals surface area contributed by atoms with Crippen LogP contribution < -0.4 is 0 Å². The minimum Gasteiger partial charge on any atom is -0.508 e. The summed E-state index contributed by atoms with van der Waals surface area (Å²) >= 11 is 0. The summed E-state index contributed by atoms with van der Waals surface area (Å²) in [5.41, 5.74) is 8.28. The molecule has 126 valence electrons. The SMILES string of the molecule is Cc1ccc(-c2ccc(-c3ccccc3)c(-c3ccc(O)cc3)c2)cc1. The molecule has 0 aromatic heterocycles. The molecule has 0 unspecified atom stereocenters. The van der Waals surface area contributed by atoms with E-state index in [0.29, 0.717) is 0 Å². The summed E-state index contributed by atoms with van der Waals surface area (Å²) in [5, 5.41) is 9.65. The van der Waals surface area contributed by atoms with Crippen LogP contribution in [0.5, 0.6) is 5.75 Å². The van der Waals surface area contributed by atoms with E-state index in [2.05, 4.69) is 73.7 Å². The molecule has 0 radical (unpaired) electrons. The van der Waals surface area contributed by atoms with Gasteiger partial charge in [-0.15, -0.1) is 0 Å². The van der Waals surface area contributed by atoms with Crippen LogP contribution in [0, 0.1) is 6.92 Å². The highest BCUT2D eigenvalue weighted by atomic mass is 16.3. The Bertz CT molecular complexity index is 1010. The molecule has 0 amide bonds. The molecule has 0 aliphatic carbocycles. The van der Waals surface area contributed by atoms with Gasteiger partial charge in [-0.1, -0.05) is 84.4 Å². The van der Waals surface area contributed by atoms with Crippen LogP contribution in [0.4, 0.5) is 0 Å². The average Bonchev–Trinajstić information content (AvgIpc) is 2.69. The Kier molecular flexibility index (Phi) is 4.28. The van der Waals surface area contributed by atoms with Gasteiger partial charge in [0, 0.05) is 0 Å². The van der Waals surface area contributed by atoms with Crippen LogP contribution in [0.1, 0.15) is 5.56 Å². The van der Waals surface area contributed by atoms with Gasteiger partial charge in [0.1, 0.15) is 5.75 Å². The molecule has 0 bridgehead atoms. The summed E-state index contributed by atoms with van der Waals surface area (Å²) in [6, 6.07) is 33.0. The lowest BCUT2D eigenvalue weighted by Crippen LogP contribution is -1.88. The Morgan fingerprint density at radius 1 is 0.500 bits per heavy atom. The van der Waals surface area contributed by atoms with Crippen molar-refractivity contribution in [2.75, 3.05) is 0 Å². The smallest absolute Gasteiger partial charge is 0.115 e. The monoisotopic (exact) mass is 336 g/mol. The molecule has 0 spiro atoms. The molecule has 1 N–H and O–H groups in total. The molecular weight excluding hydrogens is 316 g/mol. The highest BCUT2D eigenvalue weighted by Gasteiger charge is 2.10. The largest absolute Gasteiger partial charge is 0.508 e. The van der Waals surface area contributed by atoms with E-state index >= 15 is 0 Å². The van der Waals surface area contributed by atoms with Crippen LogP contribution in [0.15, 0.2) is 97.1 Å². The normalized spacial score (nSPS) is 10.7. The predicted molar refractivity (Wildman–Crippen MR) is 109 cm³/mol. The highest BCUT2D eigenvalue weighted by molar-refractivity contribution is 5.87. The fourth-order valence-electron chi connectivity index (χ4n) is 3.22. The molecule has 4 aromatic carbocycles. The zero-order chi connectivity index (χ0) is 17.9. The lowest BCUT2D eigenvalue weighted by atomic mass is 9.91. The van der Waals surface area contributed by atoms with Crippen LogP contribution in [0.25, 0.3) is 33.4 Å². The number of hydrogen-bond donors (Lipinski definition) is 1.